The third kappa shape index (κ3) is 2.15. The summed E-state index contributed by atoms with van der Waals surface area (Å²) in [5.74, 6) is 0.618. The minimum absolute atomic E-state index is 0.184. The molecule has 0 aromatic rings. The van der Waals surface area contributed by atoms with E-state index in [4.69, 9.17) is 4.74 Å². The van der Waals surface area contributed by atoms with Gasteiger partial charge in [0, 0.05) is 26.2 Å². The van der Waals surface area contributed by atoms with Crippen LogP contribution in [0.3, 0.4) is 0 Å². The minimum Gasteiger partial charge on any atom is -0.365 e. The first-order valence-corrected chi connectivity index (χ1v) is 4.25. The van der Waals surface area contributed by atoms with E-state index in [0.717, 1.165) is 13.1 Å². The molecule has 1 aliphatic rings. The van der Waals surface area contributed by atoms with Crippen LogP contribution < -0.4 is 10.6 Å². The maximum absolute atomic E-state index is 5.29. The quantitative estimate of drug-likeness (QED) is 0.601. The molecule has 1 rings (SSSR count). The van der Waals surface area contributed by atoms with Gasteiger partial charge in [0.05, 0.1) is 0 Å². The van der Waals surface area contributed by atoms with Crippen molar-refractivity contribution in [3.05, 3.63) is 0 Å². The van der Waals surface area contributed by atoms with Gasteiger partial charge in [0.25, 0.3) is 0 Å². The van der Waals surface area contributed by atoms with E-state index in [1.807, 2.05) is 0 Å². The van der Waals surface area contributed by atoms with Gasteiger partial charge in [-0.05, 0) is 5.92 Å². The molecule has 0 bridgehead atoms. The molecule has 0 aromatic heterocycles. The second kappa shape index (κ2) is 4.04. The maximum Gasteiger partial charge on any atom is 0.123 e. The van der Waals surface area contributed by atoms with Crippen molar-refractivity contribution in [3.8, 4) is 0 Å². The van der Waals surface area contributed by atoms with Crippen LogP contribution in [-0.4, -0.2) is 32.5 Å². The van der Waals surface area contributed by atoms with Gasteiger partial charge in [-0.25, -0.2) is 0 Å². The van der Waals surface area contributed by atoms with Crippen LogP contribution >= 0.6 is 0 Å². The number of piperazine rings is 1. The second-order valence-corrected chi connectivity index (χ2v) is 3.33. The van der Waals surface area contributed by atoms with E-state index in [-0.39, 0.29) is 6.23 Å². The van der Waals surface area contributed by atoms with E-state index < -0.39 is 0 Å². The Kier molecular flexibility index (Phi) is 3.30. The molecule has 2 N–H and O–H groups in total. The zero-order valence-electron chi connectivity index (χ0n) is 7.55. The molecular formula is C8H18N2O. The van der Waals surface area contributed by atoms with Crippen molar-refractivity contribution in [2.75, 3.05) is 20.2 Å². The van der Waals surface area contributed by atoms with E-state index in [0.29, 0.717) is 12.0 Å². The summed E-state index contributed by atoms with van der Waals surface area (Å²) in [5, 5.41) is 6.75. The predicted octanol–water partition coefficient (Wildman–Crippen LogP) is 0.176. The molecule has 2 unspecified atom stereocenters. The highest BCUT2D eigenvalue weighted by Crippen LogP contribution is 2.09. The molecule has 3 heteroatoms. The Labute approximate surface area is 68.5 Å². The molecule has 0 radical (unpaired) electrons. The van der Waals surface area contributed by atoms with Crippen LogP contribution in [0.4, 0.5) is 0 Å². The highest BCUT2D eigenvalue weighted by Gasteiger charge is 2.25. The number of hydrogen-bond acceptors (Lipinski definition) is 3. The van der Waals surface area contributed by atoms with Crippen LogP contribution in [0.15, 0.2) is 0 Å². The van der Waals surface area contributed by atoms with Crippen molar-refractivity contribution in [3.63, 3.8) is 0 Å². The SMILES string of the molecule is COC1NCCNC1C(C)C. The highest BCUT2D eigenvalue weighted by molar-refractivity contribution is 4.82. The topological polar surface area (TPSA) is 33.3 Å². The van der Waals surface area contributed by atoms with Crippen molar-refractivity contribution in [2.24, 2.45) is 5.92 Å². The van der Waals surface area contributed by atoms with Gasteiger partial charge in [0.15, 0.2) is 0 Å². The molecule has 11 heavy (non-hydrogen) atoms. The van der Waals surface area contributed by atoms with Gasteiger partial charge in [0.2, 0.25) is 0 Å². The molecule has 1 saturated heterocycles. The largest absolute Gasteiger partial charge is 0.365 e. The Morgan fingerprint density at radius 2 is 1.91 bits per heavy atom. The summed E-state index contributed by atoms with van der Waals surface area (Å²) < 4.78 is 5.29. The van der Waals surface area contributed by atoms with Gasteiger partial charge < -0.3 is 10.1 Å². The number of rotatable bonds is 2. The van der Waals surface area contributed by atoms with E-state index in [1.165, 1.54) is 0 Å². The number of nitrogens with one attached hydrogen (secondary N) is 2. The minimum atomic E-state index is 0.184. The molecule has 66 valence electrons. The van der Waals surface area contributed by atoms with Crippen molar-refractivity contribution >= 4 is 0 Å². The highest BCUT2D eigenvalue weighted by atomic mass is 16.5. The van der Waals surface area contributed by atoms with Crippen LogP contribution in [0, 0.1) is 5.92 Å². The molecule has 0 aliphatic carbocycles. The van der Waals surface area contributed by atoms with Crippen LogP contribution in [0.25, 0.3) is 0 Å². The summed E-state index contributed by atoms with van der Waals surface area (Å²) in [5.41, 5.74) is 0. The number of ether oxygens (including phenoxy) is 1. The Morgan fingerprint density at radius 3 is 2.36 bits per heavy atom. The van der Waals surface area contributed by atoms with Crippen molar-refractivity contribution < 1.29 is 4.74 Å². The fourth-order valence-corrected chi connectivity index (χ4v) is 1.50. The van der Waals surface area contributed by atoms with E-state index in [2.05, 4.69) is 24.5 Å². The first-order chi connectivity index (χ1) is 5.25. The first kappa shape index (κ1) is 8.97. The maximum atomic E-state index is 5.29. The van der Waals surface area contributed by atoms with Crippen molar-refractivity contribution in [1.82, 2.24) is 10.6 Å². The van der Waals surface area contributed by atoms with Gasteiger partial charge in [-0.15, -0.1) is 0 Å². The molecule has 3 nitrogen and oxygen atoms in total. The average molecular weight is 158 g/mol. The standard InChI is InChI=1S/C8H18N2O/c1-6(2)7-8(11-3)10-5-4-9-7/h6-10H,4-5H2,1-3H3. The van der Waals surface area contributed by atoms with E-state index >= 15 is 0 Å². The second-order valence-electron chi connectivity index (χ2n) is 3.33. The van der Waals surface area contributed by atoms with E-state index in [1.54, 1.807) is 7.11 Å². The fraction of sp³-hybridized carbons (Fsp3) is 1.00. The van der Waals surface area contributed by atoms with Gasteiger partial charge in [-0.2, -0.15) is 0 Å². The number of hydrogen-bond donors (Lipinski definition) is 2. The van der Waals surface area contributed by atoms with Gasteiger partial charge in [-0.1, -0.05) is 13.8 Å². The van der Waals surface area contributed by atoms with Crippen LogP contribution in [-0.2, 0) is 4.74 Å². The molecule has 1 aliphatic heterocycles. The summed E-state index contributed by atoms with van der Waals surface area (Å²) in [6, 6.07) is 0.453. The molecule has 0 amide bonds. The first-order valence-electron chi connectivity index (χ1n) is 4.25. The lowest BCUT2D eigenvalue weighted by molar-refractivity contribution is 0.0134. The van der Waals surface area contributed by atoms with Gasteiger partial charge in [-0.3, -0.25) is 5.32 Å². The molecule has 0 aromatic carbocycles. The Morgan fingerprint density at radius 1 is 1.27 bits per heavy atom. The fourth-order valence-electron chi connectivity index (χ4n) is 1.50. The zero-order valence-corrected chi connectivity index (χ0v) is 7.55. The summed E-state index contributed by atoms with van der Waals surface area (Å²) in [6.07, 6.45) is 0.184. The molecule has 0 saturated carbocycles. The molecule has 2 atom stereocenters. The summed E-state index contributed by atoms with van der Waals surface area (Å²) >= 11 is 0. The third-order valence-corrected chi connectivity index (χ3v) is 2.15. The van der Waals surface area contributed by atoms with Crippen molar-refractivity contribution in [1.29, 1.82) is 0 Å². The molecule has 1 heterocycles. The monoisotopic (exact) mass is 158 g/mol. The lowest BCUT2D eigenvalue weighted by Crippen LogP contribution is -2.58. The third-order valence-electron chi connectivity index (χ3n) is 2.15. The Balaban J connectivity index is 2.44. The smallest absolute Gasteiger partial charge is 0.123 e. The summed E-state index contributed by atoms with van der Waals surface area (Å²) in [4.78, 5) is 0. The number of methoxy groups -OCH3 is 1. The zero-order chi connectivity index (χ0) is 8.27. The van der Waals surface area contributed by atoms with E-state index in [9.17, 15) is 0 Å². The summed E-state index contributed by atoms with van der Waals surface area (Å²) in [6.45, 7) is 6.46. The van der Waals surface area contributed by atoms with Crippen LogP contribution in [0.1, 0.15) is 13.8 Å². The van der Waals surface area contributed by atoms with Gasteiger partial charge >= 0.3 is 0 Å². The molecule has 1 fully saturated rings. The molecular weight excluding hydrogens is 140 g/mol. The normalized spacial score (nSPS) is 32.7. The Bertz CT molecular complexity index is 117. The van der Waals surface area contributed by atoms with Crippen LogP contribution in [0.5, 0.6) is 0 Å². The van der Waals surface area contributed by atoms with Crippen molar-refractivity contribution in [2.45, 2.75) is 26.1 Å². The van der Waals surface area contributed by atoms with Crippen LogP contribution in [0.2, 0.25) is 0 Å². The molecule has 0 spiro atoms. The van der Waals surface area contributed by atoms with Gasteiger partial charge in [0.1, 0.15) is 6.23 Å². The lowest BCUT2D eigenvalue weighted by Gasteiger charge is -2.35. The Hall–Kier alpha value is -0.120. The lowest BCUT2D eigenvalue weighted by atomic mass is 10.0. The predicted molar refractivity (Wildman–Crippen MR) is 45.4 cm³/mol. The summed E-state index contributed by atoms with van der Waals surface area (Å²) in [7, 11) is 1.75. The average Bonchev–Trinajstić information content (AvgIpc) is 2.04.